The smallest absolute Gasteiger partial charge is 0.407 e. The molecule has 0 aliphatic carbocycles. The van der Waals surface area contributed by atoms with E-state index in [0.29, 0.717) is 0 Å². The molecule has 0 saturated carbocycles. The van der Waals surface area contributed by atoms with Gasteiger partial charge in [-0.15, -0.1) is 0 Å². The Morgan fingerprint density at radius 3 is 2.41 bits per heavy atom. The van der Waals surface area contributed by atoms with Crippen LogP contribution in [0.25, 0.3) is 11.1 Å². The first kappa shape index (κ1) is 29.0. The van der Waals surface area contributed by atoms with Gasteiger partial charge in [-0.25, -0.2) is 9.59 Å². The fourth-order valence-electron chi connectivity index (χ4n) is 3.37. The van der Waals surface area contributed by atoms with Crippen LogP contribution in [0, 0.1) is 10.1 Å². The Bertz CT molecular complexity index is 1480. The molecule has 0 saturated heterocycles. The fraction of sp³-hybridized carbons (Fsp3) is 0.269. The predicted molar refractivity (Wildman–Crippen MR) is 142 cm³/mol. The van der Waals surface area contributed by atoms with Crippen LogP contribution in [0.15, 0.2) is 53.5 Å². The van der Waals surface area contributed by atoms with Crippen molar-refractivity contribution < 1.29 is 33.8 Å². The highest BCUT2D eigenvalue weighted by atomic mass is 35.5. The van der Waals surface area contributed by atoms with Crippen LogP contribution in [0.5, 0.6) is 17.2 Å². The van der Waals surface area contributed by atoms with Gasteiger partial charge in [0.1, 0.15) is 35.0 Å². The van der Waals surface area contributed by atoms with Crippen molar-refractivity contribution in [1.29, 1.82) is 0 Å². The minimum atomic E-state index is -1.29. The van der Waals surface area contributed by atoms with Crippen LogP contribution >= 0.6 is 11.6 Å². The van der Waals surface area contributed by atoms with Crippen molar-refractivity contribution in [2.75, 3.05) is 13.2 Å². The third-order valence-corrected chi connectivity index (χ3v) is 5.31. The zero-order valence-corrected chi connectivity index (χ0v) is 22.3. The number of pyridine rings is 1. The van der Waals surface area contributed by atoms with Gasteiger partial charge in [0, 0.05) is 47.6 Å². The largest absolute Gasteiger partial charge is 0.491 e. The molecule has 1 heterocycles. The Hall–Kier alpha value is -4.58. The van der Waals surface area contributed by atoms with Crippen molar-refractivity contribution in [1.82, 2.24) is 9.88 Å². The monoisotopic (exact) mass is 559 g/mol. The van der Waals surface area contributed by atoms with Gasteiger partial charge >= 0.3 is 12.1 Å². The lowest BCUT2D eigenvalue weighted by Gasteiger charge is -2.20. The van der Waals surface area contributed by atoms with E-state index in [9.17, 15) is 29.6 Å². The normalized spacial score (nSPS) is 11.0. The van der Waals surface area contributed by atoms with E-state index in [4.69, 9.17) is 25.8 Å². The summed E-state index contributed by atoms with van der Waals surface area (Å²) in [4.78, 5) is 47.0. The van der Waals surface area contributed by atoms with Crippen LogP contribution in [0.4, 0.5) is 10.5 Å². The van der Waals surface area contributed by atoms with Crippen molar-refractivity contribution >= 4 is 29.4 Å². The zero-order chi connectivity index (χ0) is 28.9. The summed E-state index contributed by atoms with van der Waals surface area (Å²) in [6, 6.07) is 8.93. The summed E-state index contributed by atoms with van der Waals surface area (Å²) in [5.74, 6) is -1.24. The van der Waals surface area contributed by atoms with Gasteiger partial charge in [-0.1, -0.05) is 11.6 Å². The van der Waals surface area contributed by atoms with Gasteiger partial charge in [-0.05, 0) is 45.0 Å². The number of nitrogens with zero attached hydrogens (tertiary/aromatic N) is 2. The second-order valence-corrected chi connectivity index (χ2v) is 9.70. The summed E-state index contributed by atoms with van der Waals surface area (Å²) >= 11 is 5.93. The number of aromatic nitrogens is 1. The van der Waals surface area contributed by atoms with Crippen LogP contribution in [0.2, 0.25) is 5.02 Å². The van der Waals surface area contributed by atoms with Gasteiger partial charge in [0.15, 0.2) is 0 Å². The molecule has 39 heavy (non-hydrogen) atoms. The molecule has 0 bridgehead atoms. The highest BCUT2D eigenvalue weighted by Gasteiger charge is 2.21. The van der Waals surface area contributed by atoms with E-state index in [-0.39, 0.29) is 57.8 Å². The molecule has 1 aromatic heterocycles. The first-order valence-electron chi connectivity index (χ1n) is 11.5. The molecule has 3 aromatic rings. The van der Waals surface area contributed by atoms with E-state index in [2.05, 4.69) is 5.32 Å². The number of carboxylic acid groups (broad SMARTS) is 1. The van der Waals surface area contributed by atoms with Crippen LogP contribution < -0.4 is 20.3 Å². The number of nitro groups is 1. The van der Waals surface area contributed by atoms with Gasteiger partial charge in [-0.3, -0.25) is 14.9 Å². The second kappa shape index (κ2) is 11.9. The van der Waals surface area contributed by atoms with Gasteiger partial charge in [0.25, 0.3) is 11.2 Å². The fourth-order valence-corrected chi connectivity index (χ4v) is 3.54. The summed E-state index contributed by atoms with van der Waals surface area (Å²) in [6.45, 7) is 5.13. The molecule has 206 valence electrons. The topological polar surface area (TPSA) is 159 Å². The molecule has 12 nitrogen and oxygen atoms in total. The second-order valence-electron chi connectivity index (χ2n) is 9.26. The molecule has 0 spiro atoms. The maximum Gasteiger partial charge on any atom is 0.407 e. The number of carbonyl (C=O) groups is 2. The average molecular weight is 560 g/mol. The molecule has 0 fully saturated rings. The first-order valence-corrected chi connectivity index (χ1v) is 11.9. The Balaban J connectivity index is 2.01. The van der Waals surface area contributed by atoms with E-state index < -0.39 is 28.1 Å². The minimum Gasteiger partial charge on any atom is -0.491 e. The van der Waals surface area contributed by atoms with Crippen molar-refractivity contribution in [2.45, 2.75) is 26.4 Å². The number of nitro benzene ring substituents is 1. The quantitative estimate of drug-likeness (QED) is 0.209. The number of aryl methyl sites for hydroxylation is 1. The lowest BCUT2D eigenvalue weighted by atomic mass is 10.0. The SMILES string of the molecule is Cn1cc(-c2cc([N+](=O)[O-])ccc2Oc2ccc(Cl)cc2C(=O)O)c(OCCNC(=O)OC(C)(C)C)cc1=O. The van der Waals surface area contributed by atoms with Gasteiger partial charge in [0.05, 0.1) is 11.5 Å². The minimum absolute atomic E-state index is 0.0363. The molecule has 0 aliphatic rings. The van der Waals surface area contributed by atoms with E-state index in [0.717, 1.165) is 0 Å². The van der Waals surface area contributed by atoms with Crippen molar-refractivity contribution in [3.05, 3.63) is 79.7 Å². The van der Waals surface area contributed by atoms with Gasteiger partial charge in [-0.2, -0.15) is 0 Å². The number of aromatic carboxylic acids is 1. The number of hydrogen-bond donors (Lipinski definition) is 2. The lowest BCUT2D eigenvalue weighted by molar-refractivity contribution is -0.384. The Kier molecular flexibility index (Phi) is 8.81. The first-order chi connectivity index (χ1) is 18.2. The molecule has 0 unspecified atom stereocenters. The number of ether oxygens (including phenoxy) is 3. The number of carbonyl (C=O) groups excluding carboxylic acids is 1. The number of carboxylic acids is 1. The average Bonchev–Trinajstić information content (AvgIpc) is 2.83. The molecule has 1 amide bonds. The van der Waals surface area contributed by atoms with Crippen LogP contribution in [-0.4, -0.2) is 45.4 Å². The summed E-state index contributed by atoms with van der Waals surface area (Å²) < 4.78 is 18.1. The summed E-state index contributed by atoms with van der Waals surface area (Å²) in [6.07, 6.45) is 0.757. The number of alkyl carbamates (subject to hydrolysis) is 1. The van der Waals surface area contributed by atoms with Crippen LogP contribution in [0.1, 0.15) is 31.1 Å². The molecule has 3 rings (SSSR count). The molecule has 13 heteroatoms. The maximum absolute atomic E-state index is 12.4. The van der Waals surface area contributed by atoms with Crippen molar-refractivity contribution in [2.24, 2.45) is 7.05 Å². The third-order valence-electron chi connectivity index (χ3n) is 5.07. The molecular formula is C26H26ClN3O9. The number of rotatable bonds is 9. The molecule has 0 radical (unpaired) electrons. The van der Waals surface area contributed by atoms with Gasteiger partial charge in [0.2, 0.25) is 0 Å². The van der Waals surface area contributed by atoms with E-state index in [1.54, 1.807) is 20.8 Å². The predicted octanol–water partition coefficient (Wildman–Crippen LogP) is 5.01. The Morgan fingerprint density at radius 1 is 1.08 bits per heavy atom. The molecule has 0 aliphatic heterocycles. The summed E-state index contributed by atoms with van der Waals surface area (Å²) in [7, 11) is 1.49. The number of nitrogens with one attached hydrogen (secondary N) is 1. The highest BCUT2D eigenvalue weighted by molar-refractivity contribution is 6.31. The number of halogens is 1. The highest BCUT2D eigenvalue weighted by Crippen LogP contribution is 2.40. The standard InChI is InChI=1S/C26H26ClN3O9/c1-26(2,3)39-25(34)28-9-10-37-22-13-23(31)29(4)14-19(22)17-12-16(30(35)36)6-8-20(17)38-21-7-5-15(27)11-18(21)24(32)33/h5-8,11-14H,9-10H2,1-4H3,(H,28,34)(H,32,33). The summed E-state index contributed by atoms with van der Waals surface area (Å²) in [5.41, 5.74) is -1.21. The Morgan fingerprint density at radius 2 is 1.77 bits per heavy atom. The van der Waals surface area contributed by atoms with E-state index in [1.165, 1.54) is 60.3 Å². The zero-order valence-electron chi connectivity index (χ0n) is 21.5. The number of non-ortho nitro benzene ring substituents is 1. The van der Waals surface area contributed by atoms with Crippen molar-refractivity contribution in [3.8, 4) is 28.4 Å². The summed E-state index contributed by atoms with van der Waals surface area (Å²) in [5, 5.41) is 23.8. The number of amides is 1. The number of benzene rings is 2. The molecule has 0 atom stereocenters. The lowest BCUT2D eigenvalue weighted by Crippen LogP contribution is -2.34. The van der Waals surface area contributed by atoms with E-state index >= 15 is 0 Å². The molecule has 2 aromatic carbocycles. The maximum atomic E-state index is 12.4. The number of hydrogen-bond acceptors (Lipinski definition) is 8. The molecule has 2 N–H and O–H groups in total. The van der Waals surface area contributed by atoms with Crippen LogP contribution in [-0.2, 0) is 11.8 Å². The Labute approximate surface area is 227 Å². The van der Waals surface area contributed by atoms with Gasteiger partial charge < -0.3 is 29.2 Å². The molecular weight excluding hydrogens is 534 g/mol. The van der Waals surface area contributed by atoms with Crippen molar-refractivity contribution in [3.63, 3.8) is 0 Å². The third kappa shape index (κ3) is 7.71. The van der Waals surface area contributed by atoms with E-state index in [1.807, 2.05) is 0 Å². The van der Waals surface area contributed by atoms with Crippen LogP contribution in [0.3, 0.4) is 0 Å².